The molecule has 0 saturated heterocycles. The first-order chi connectivity index (χ1) is 10.5. The van der Waals surface area contributed by atoms with Crippen LogP contribution in [0.3, 0.4) is 0 Å². The molecule has 0 unspecified atom stereocenters. The van der Waals surface area contributed by atoms with Crippen molar-refractivity contribution in [1.29, 1.82) is 5.26 Å². The van der Waals surface area contributed by atoms with Crippen LogP contribution in [0.15, 0.2) is 40.9 Å². The van der Waals surface area contributed by atoms with Gasteiger partial charge in [0.2, 0.25) is 0 Å². The average Bonchev–Trinajstić information content (AvgIpc) is 2.49. The van der Waals surface area contributed by atoms with Gasteiger partial charge >= 0.3 is 0 Å². The van der Waals surface area contributed by atoms with Crippen LogP contribution in [-0.2, 0) is 4.79 Å². The fourth-order valence-corrected chi connectivity index (χ4v) is 2.31. The smallest absolute Gasteiger partial charge is 0.262 e. The predicted molar refractivity (Wildman–Crippen MR) is 89.2 cm³/mol. The maximum Gasteiger partial charge on any atom is 0.262 e. The highest BCUT2D eigenvalue weighted by Gasteiger charge is 2.08. The Morgan fingerprint density at radius 1 is 1.36 bits per heavy atom. The van der Waals surface area contributed by atoms with Crippen LogP contribution in [0.4, 0.5) is 5.69 Å². The number of hydrogen-bond donors (Lipinski definition) is 1. The van der Waals surface area contributed by atoms with E-state index in [2.05, 4.69) is 21.2 Å². The number of nitrogens with zero attached hydrogens (tertiary/aromatic N) is 1. The molecular formula is C16H12BrClN2O2. The molecule has 6 heteroatoms. The minimum atomic E-state index is -0.295. The van der Waals surface area contributed by atoms with Crippen LogP contribution < -0.4 is 10.1 Å². The lowest BCUT2D eigenvalue weighted by Crippen LogP contribution is -2.20. The lowest BCUT2D eigenvalue weighted by Gasteiger charge is -2.09. The molecule has 0 saturated carbocycles. The molecule has 4 nitrogen and oxygen atoms in total. The Bertz CT molecular complexity index is 756. The standard InChI is InChI=1S/C16H12BrClN2O2/c1-10-2-4-12(7-13(10)17)20-16(21)9-22-15-5-3-11(8-19)6-14(15)18/h2-7H,9H2,1H3,(H,20,21). The lowest BCUT2D eigenvalue weighted by molar-refractivity contribution is -0.118. The summed E-state index contributed by atoms with van der Waals surface area (Å²) >= 11 is 9.38. The number of carbonyl (C=O) groups excluding carboxylic acids is 1. The number of ether oxygens (including phenoxy) is 1. The highest BCUT2D eigenvalue weighted by molar-refractivity contribution is 9.10. The Balaban J connectivity index is 1.95. The van der Waals surface area contributed by atoms with Crippen molar-refractivity contribution in [3.05, 3.63) is 57.0 Å². The lowest BCUT2D eigenvalue weighted by atomic mass is 10.2. The molecule has 1 N–H and O–H groups in total. The Kier molecular flexibility index (Phi) is 5.42. The summed E-state index contributed by atoms with van der Waals surface area (Å²) in [6, 6.07) is 12.2. The highest BCUT2D eigenvalue weighted by atomic mass is 79.9. The molecule has 1 amide bonds. The van der Waals surface area contributed by atoms with Gasteiger partial charge in [0, 0.05) is 10.2 Å². The second-order valence-electron chi connectivity index (χ2n) is 4.56. The van der Waals surface area contributed by atoms with E-state index in [1.807, 2.05) is 31.2 Å². The van der Waals surface area contributed by atoms with Crippen molar-refractivity contribution in [2.45, 2.75) is 6.92 Å². The quantitative estimate of drug-likeness (QED) is 0.861. The van der Waals surface area contributed by atoms with Gasteiger partial charge in [0.1, 0.15) is 5.75 Å². The summed E-state index contributed by atoms with van der Waals surface area (Å²) in [6.07, 6.45) is 0. The van der Waals surface area contributed by atoms with Crippen LogP contribution in [0.1, 0.15) is 11.1 Å². The number of carbonyl (C=O) groups is 1. The Morgan fingerprint density at radius 2 is 2.14 bits per heavy atom. The zero-order valence-electron chi connectivity index (χ0n) is 11.7. The summed E-state index contributed by atoms with van der Waals surface area (Å²) in [5.41, 5.74) is 2.20. The number of aryl methyl sites for hydroxylation is 1. The molecule has 112 valence electrons. The van der Waals surface area contributed by atoms with Gasteiger partial charge in [0.05, 0.1) is 16.7 Å². The van der Waals surface area contributed by atoms with E-state index in [0.29, 0.717) is 22.0 Å². The van der Waals surface area contributed by atoms with Gasteiger partial charge in [0.15, 0.2) is 6.61 Å². The van der Waals surface area contributed by atoms with Crippen molar-refractivity contribution < 1.29 is 9.53 Å². The third-order valence-electron chi connectivity index (χ3n) is 2.88. The van der Waals surface area contributed by atoms with Crippen molar-refractivity contribution in [1.82, 2.24) is 0 Å². The largest absolute Gasteiger partial charge is 0.482 e. The van der Waals surface area contributed by atoms with E-state index < -0.39 is 0 Å². The van der Waals surface area contributed by atoms with E-state index in [9.17, 15) is 4.79 Å². The second-order valence-corrected chi connectivity index (χ2v) is 5.82. The number of nitrogens with one attached hydrogen (secondary N) is 1. The molecular weight excluding hydrogens is 368 g/mol. The van der Waals surface area contributed by atoms with Gasteiger partial charge in [-0.1, -0.05) is 33.6 Å². The van der Waals surface area contributed by atoms with E-state index >= 15 is 0 Å². The molecule has 0 aromatic heterocycles. The molecule has 2 rings (SSSR count). The first kappa shape index (κ1) is 16.3. The molecule has 0 atom stereocenters. The molecule has 0 aliphatic heterocycles. The minimum absolute atomic E-state index is 0.170. The van der Waals surface area contributed by atoms with Crippen LogP contribution in [0, 0.1) is 18.3 Å². The van der Waals surface area contributed by atoms with Crippen LogP contribution in [-0.4, -0.2) is 12.5 Å². The number of halogens is 2. The van der Waals surface area contributed by atoms with Gasteiger partial charge in [-0.2, -0.15) is 5.26 Å². The molecule has 0 heterocycles. The maximum absolute atomic E-state index is 11.9. The van der Waals surface area contributed by atoms with Gasteiger partial charge < -0.3 is 10.1 Å². The fourth-order valence-electron chi connectivity index (χ4n) is 1.70. The first-order valence-electron chi connectivity index (χ1n) is 6.38. The van der Waals surface area contributed by atoms with Crippen molar-refractivity contribution in [3.63, 3.8) is 0 Å². The summed E-state index contributed by atoms with van der Waals surface area (Å²) in [4.78, 5) is 11.9. The van der Waals surface area contributed by atoms with Crippen LogP contribution >= 0.6 is 27.5 Å². The third kappa shape index (κ3) is 4.23. The van der Waals surface area contributed by atoms with E-state index in [0.717, 1.165) is 10.0 Å². The summed E-state index contributed by atoms with van der Waals surface area (Å²) in [5.74, 6) is 0.0667. The van der Waals surface area contributed by atoms with Gasteiger partial charge in [0.25, 0.3) is 5.91 Å². The summed E-state index contributed by atoms with van der Waals surface area (Å²) in [7, 11) is 0. The zero-order valence-corrected chi connectivity index (χ0v) is 14.0. The van der Waals surface area contributed by atoms with Crippen molar-refractivity contribution in [2.24, 2.45) is 0 Å². The van der Waals surface area contributed by atoms with E-state index in [1.165, 1.54) is 6.07 Å². The molecule has 2 aromatic rings. The van der Waals surface area contributed by atoms with Crippen LogP contribution in [0.5, 0.6) is 5.75 Å². The predicted octanol–water partition coefficient (Wildman–Crippen LogP) is 4.30. The minimum Gasteiger partial charge on any atom is -0.482 e. The van der Waals surface area contributed by atoms with Gasteiger partial charge in [-0.15, -0.1) is 0 Å². The molecule has 0 bridgehead atoms. The van der Waals surface area contributed by atoms with Crippen molar-refractivity contribution in [3.8, 4) is 11.8 Å². The Labute approximate surface area is 141 Å². The molecule has 0 radical (unpaired) electrons. The molecule has 0 aliphatic rings. The second kappa shape index (κ2) is 7.30. The molecule has 0 spiro atoms. The first-order valence-corrected chi connectivity index (χ1v) is 7.55. The molecule has 2 aromatic carbocycles. The summed E-state index contributed by atoms with van der Waals surface area (Å²) in [6.45, 7) is 1.79. The molecule has 22 heavy (non-hydrogen) atoms. The fraction of sp³-hybridized carbons (Fsp3) is 0.125. The van der Waals surface area contributed by atoms with Crippen LogP contribution in [0.25, 0.3) is 0 Å². The molecule has 0 fully saturated rings. The maximum atomic E-state index is 11.9. The molecule has 0 aliphatic carbocycles. The monoisotopic (exact) mass is 378 g/mol. The van der Waals surface area contributed by atoms with Crippen LogP contribution in [0.2, 0.25) is 5.02 Å². The number of anilines is 1. The van der Waals surface area contributed by atoms with E-state index in [4.69, 9.17) is 21.6 Å². The van der Waals surface area contributed by atoms with Gasteiger partial charge in [-0.3, -0.25) is 4.79 Å². The number of rotatable bonds is 4. The van der Waals surface area contributed by atoms with Gasteiger partial charge in [-0.25, -0.2) is 0 Å². The summed E-state index contributed by atoms with van der Waals surface area (Å²) in [5, 5.41) is 11.8. The highest BCUT2D eigenvalue weighted by Crippen LogP contribution is 2.25. The van der Waals surface area contributed by atoms with Crippen molar-refractivity contribution >= 4 is 39.1 Å². The van der Waals surface area contributed by atoms with E-state index in [1.54, 1.807) is 12.1 Å². The topological polar surface area (TPSA) is 62.1 Å². The van der Waals surface area contributed by atoms with Gasteiger partial charge in [-0.05, 0) is 42.8 Å². The number of nitriles is 1. The number of hydrogen-bond acceptors (Lipinski definition) is 3. The third-order valence-corrected chi connectivity index (χ3v) is 4.03. The normalized spacial score (nSPS) is 9.91. The zero-order chi connectivity index (χ0) is 16.1. The average molecular weight is 380 g/mol. The number of amides is 1. The SMILES string of the molecule is Cc1ccc(NC(=O)COc2ccc(C#N)cc2Cl)cc1Br. The Hall–Kier alpha value is -2.03. The number of benzene rings is 2. The summed E-state index contributed by atoms with van der Waals surface area (Å²) < 4.78 is 6.28. The van der Waals surface area contributed by atoms with Crippen molar-refractivity contribution in [2.75, 3.05) is 11.9 Å². The van der Waals surface area contributed by atoms with E-state index in [-0.39, 0.29) is 12.5 Å². The Morgan fingerprint density at radius 3 is 2.77 bits per heavy atom.